The second kappa shape index (κ2) is 5.72. The van der Waals surface area contributed by atoms with E-state index in [1.165, 1.54) is 0 Å². The lowest BCUT2D eigenvalue weighted by Gasteiger charge is -2.20. The minimum Gasteiger partial charge on any atom is -0.481 e. The number of aliphatic carboxylic acids is 1. The van der Waals surface area contributed by atoms with Crippen LogP contribution in [-0.4, -0.2) is 59.1 Å². The van der Waals surface area contributed by atoms with Crippen molar-refractivity contribution < 1.29 is 33.1 Å². The molecule has 1 aliphatic heterocycles. The highest BCUT2D eigenvalue weighted by molar-refractivity contribution is 5.87. The second-order valence-electron chi connectivity index (χ2n) is 4.20. The van der Waals surface area contributed by atoms with E-state index in [0.29, 0.717) is 4.90 Å². The molecular weight excluding hydrogens is 266 g/mol. The Hall–Kier alpha value is -2.06. The number of alkyl halides is 2. The third-order valence-electron chi connectivity index (χ3n) is 2.63. The van der Waals surface area contributed by atoms with Crippen LogP contribution < -0.4 is 5.32 Å². The summed E-state index contributed by atoms with van der Waals surface area (Å²) < 4.78 is 26.2. The molecule has 2 amide bonds. The molecule has 19 heavy (non-hydrogen) atoms. The number of likely N-dealkylation sites (tertiary alicyclic amines) is 1. The van der Waals surface area contributed by atoms with E-state index in [-0.39, 0.29) is 12.7 Å². The van der Waals surface area contributed by atoms with E-state index in [4.69, 9.17) is 5.11 Å². The van der Waals surface area contributed by atoms with Crippen molar-refractivity contribution in [3.8, 4) is 0 Å². The summed E-state index contributed by atoms with van der Waals surface area (Å²) in [5.41, 5.74) is 0. The van der Waals surface area contributed by atoms with E-state index in [2.05, 4.69) is 0 Å². The Morgan fingerprint density at radius 3 is 2.58 bits per heavy atom. The van der Waals surface area contributed by atoms with Gasteiger partial charge in [-0.2, -0.15) is 0 Å². The fourth-order valence-electron chi connectivity index (χ4n) is 1.80. The summed E-state index contributed by atoms with van der Waals surface area (Å²) in [7, 11) is 0. The maximum Gasteiger partial charge on any atom is 0.305 e. The molecule has 1 aliphatic rings. The molecule has 0 aromatic rings. The van der Waals surface area contributed by atoms with Gasteiger partial charge in [-0.15, -0.1) is 0 Å². The van der Waals surface area contributed by atoms with Gasteiger partial charge in [-0.3, -0.25) is 14.4 Å². The molecule has 1 fully saturated rings. The van der Waals surface area contributed by atoms with Crippen LogP contribution in [0.4, 0.5) is 8.78 Å². The van der Waals surface area contributed by atoms with Crippen LogP contribution in [0, 0.1) is 0 Å². The summed E-state index contributed by atoms with van der Waals surface area (Å²) in [6.45, 7) is -0.876. The number of hydrogen-bond donors (Lipinski definition) is 2. The summed E-state index contributed by atoms with van der Waals surface area (Å²) >= 11 is 0. The normalized spacial score (nSPS) is 22.6. The summed E-state index contributed by atoms with van der Waals surface area (Å²) in [4.78, 5) is 43.8. The number of carbonyl (C=O) groups excluding carboxylic acids is 3. The maximum atomic E-state index is 13.1. The lowest BCUT2D eigenvalue weighted by Crippen LogP contribution is -2.47. The van der Waals surface area contributed by atoms with E-state index in [9.17, 15) is 28.0 Å². The van der Waals surface area contributed by atoms with Crippen LogP contribution in [0.2, 0.25) is 0 Å². The van der Waals surface area contributed by atoms with Gasteiger partial charge in [0.1, 0.15) is 12.3 Å². The molecule has 0 saturated carbocycles. The van der Waals surface area contributed by atoms with Gasteiger partial charge in [-0.05, 0) is 0 Å². The van der Waals surface area contributed by atoms with Crippen molar-refractivity contribution >= 4 is 24.6 Å². The molecule has 0 aliphatic carbocycles. The molecule has 0 bridgehead atoms. The first kappa shape index (κ1) is 15.0. The molecule has 0 unspecified atom stereocenters. The van der Waals surface area contributed by atoms with Gasteiger partial charge in [0.2, 0.25) is 12.3 Å². The van der Waals surface area contributed by atoms with Gasteiger partial charge in [-0.25, -0.2) is 8.78 Å². The third kappa shape index (κ3) is 3.97. The van der Waals surface area contributed by atoms with Crippen molar-refractivity contribution in [2.24, 2.45) is 0 Å². The molecule has 1 rings (SSSR count). The molecule has 7 nitrogen and oxygen atoms in total. The molecular formula is C10H12F2N2O5. The zero-order valence-corrected chi connectivity index (χ0v) is 9.71. The van der Waals surface area contributed by atoms with Gasteiger partial charge in [0.25, 0.3) is 5.92 Å². The lowest BCUT2D eigenvalue weighted by molar-refractivity contribution is -0.139. The number of amides is 2. The summed E-state index contributed by atoms with van der Waals surface area (Å²) in [5.74, 6) is -5.46. The van der Waals surface area contributed by atoms with Gasteiger partial charge in [0.15, 0.2) is 0 Å². The summed E-state index contributed by atoms with van der Waals surface area (Å²) in [6, 6.07) is -2.71. The summed E-state index contributed by atoms with van der Waals surface area (Å²) in [6.07, 6.45) is -1.18. The Balaban J connectivity index is 2.68. The molecule has 1 heterocycles. The maximum absolute atomic E-state index is 13.1. The van der Waals surface area contributed by atoms with Crippen LogP contribution in [0.15, 0.2) is 0 Å². The number of halogens is 2. The third-order valence-corrected chi connectivity index (χ3v) is 2.63. The fourth-order valence-corrected chi connectivity index (χ4v) is 1.80. The van der Waals surface area contributed by atoms with Crippen LogP contribution in [0.5, 0.6) is 0 Å². The lowest BCUT2D eigenvalue weighted by atomic mass is 10.1. The smallest absolute Gasteiger partial charge is 0.305 e. The van der Waals surface area contributed by atoms with Crippen LogP contribution in [-0.2, 0) is 19.2 Å². The monoisotopic (exact) mass is 278 g/mol. The second-order valence-corrected chi connectivity index (χ2v) is 4.20. The van der Waals surface area contributed by atoms with Crippen LogP contribution in [0.1, 0.15) is 12.8 Å². The topological polar surface area (TPSA) is 104 Å². The number of aldehydes is 1. The molecule has 106 valence electrons. The standard InChI is InChI=1S/C10H12F2N2O5/c11-10(12)2-7(14(4-10)5-16)9(19)13-6(3-15)1-8(17)18/h3,5-7H,1-2,4H2,(H,13,19)(H,17,18)/t6-,7-/m0/s1. The first-order valence-electron chi connectivity index (χ1n) is 5.35. The Bertz CT molecular complexity index is 401. The SMILES string of the molecule is O=C[C@H](CC(=O)O)NC(=O)[C@@H]1CC(F)(F)CN1C=O. The Labute approximate surface area is 106 Å². The van der Waals surface area contributed by atoms with E-state index >= 15 is 0 Å². The van der Waals surface area contributed by atoms with Crippen molar-refractivity contribution in [1.82, 2.24) is 10.2 Å². The molecule has 2 N–H and O–H groups in total. The van der Waals surface area contributed by atoms with Crippen LogP contribution in [0.3, 0.4) is 0 Å². The predicted molar refractivity (Wildman–Crippen MR) is 56.4 cm³/mol. The number of nitrogens with zero attached hydrogens (tertiary/aromatic N) is 1. The number of nitrogens with one attached hydrogen (secondary N) is 1. The minimum atomic E-state index is -3.17. The van der Waals surface area contributed by atoms with Crippen LogP contribution in [0.25, 0.3) is 0 Å². The van der Waals surface area contributed by atoms with E-state index in [0.717, 1.165) is 0 Å². The Morgan fingerprint density at radius 2 is 2.11 bits per heavy atom. The Kier molecular flexibility index (Phi) is 4.52. The average molecular weight is 278 g/mol. The van der Waals surface area contributed by atoms with Crippen molar-refractivity contribution in [3.63, 3.8) is 0 Å². The largest absolute Gasteiger partial charge is 0.481 e. The molecule has 0 spiro atoms. The molecule has 9 heteroatoms. The highest BCUT2D eigenvalue weighted by Gasteiger charge is 2.47. The number of carbonyl (C=O) groups is 4. The number of hydrogen-bond acceptors (Lipinski definition) is 4. The zero-order valence-electron chi connectivity index (χ0n) is 9.71. The first-order chi connectivity index (χ1) is 8.79. The van der Waals surface area contributed by atoms with E-state index < -0.39 is 49.3 Å². The molecule has 1 saturated heterocycles. The van der Waals surface area contributed by atoms with Crippen molar-refractivity contribution in [1.29, 1.82) is 0 Å². The van der Waals surface area contributed by atoms with Gasteiger partial charge in [-0.1, -0.05) is 0 Å². The summed E-state index contributed by atoms with van der Waals surface area (Å²) in [5, 5.41) is 10.5. The zero-order chi connectivity index (χ0) is 14.6. The van der Waals surface area contributed by atoms with E-state index in [1.807, 2.05) is 5.32 Å². The molecule has 0 aromatic heterocycles. The average Bonchev–Trinajstić information content (AvgIpc) is 2.63. The van der Waals surface area contributed by atoms with Crippen LogP contribution >= 0.6 is 0 Å². The first-order valence-corrected chi connectivity index (χ1v) is 5.35. The van der Waals surface area contributed by atoms with Gasteiger partial charge >= 0.3 is 5.97 Å². The fraction of sp³-hybridized carbons (Fsp3) is 0.600. The number of carboxylic acid groups (broad SMARTS) is 1. The quantitative estimate of drug-likeness (QED) is 0.607. The molecule has 2 atom stereocenters. The minimum absolute atomic E-state index is 0.123. The highest BCUT2D eigenvalue weighted by atomic mass is 19.3. The van der Waals surface area contributed by atoms with Gasteiger partial charge < -0.3 is 20.1 Å². The number of carboxylic acids is 1. The number of rotatable bonds is 6. The van der Waals surface area contributed by atoms with Crippen molar-refractivity contribution in [2.45, 2.75) is 30.8 Å². The predicted octanol–water partition coefficient (Wildman–Crippen LogP) is -0.989. The van der Waals surface area contributed by atoms with Crippen molar-refractivity contribution in [3.05, 3.63) is 0 Å². The Morgan fingerprint density at radius 1 is 1.47 bits per heavy atom. The van der Waals surface area contributed by atoms with E-state index in [1.54, 1.807) is 0 Å². The van der Waals surface area contributed by atoms with Gasteiger partial charge in [0, 0.05) is 6.42 Å². The highest BCUT2D eigenvalue weighted by Crippen LogP contribution is 2.31. The van der Waals surface area contributed by atoms with Gasteiger partial charge in [0.05, 0.1) is 19.0 Å². The molecule has 0 radical (unpaired) electrons. The van der Waals surface area contributed by atoms with Crippen molar-refractivity contribution in [2.75, 3.05) is 6.54 Å². The molecule has 0 aromatic carbocycles.